The number of benzene rings is 1. The second-order valence-electron chi connectivity index (χ2n) is 6.44. The van der Waals surface area contributed by atoms with E-state index in [1.807, 2.05) is 38.1 Å². The summed E-state index contributed by atoms with van der Waals surface area (Å²) in [6, 6.07) is 3.89. The summed E-state index contributed by atoms with van der Waals surface area (Å²) in [7, 11) is 4.04. The largest absolute Gasteiger partial charge is 0.308 e. The van der Waals surface area contributed by atoms with Crippen LogP contribution >= 0.6 is 22.9 Å². The Morgan fingerprint density at radius 3 is 2.70 bits per heavy atom. The van der Waals surface area contributed by atoms with Crippen LogP contribution in [0.25, 0.3) is 10.2 Å². The van der Waals surface area contributed by atoms with E-state index in [-0.39, 0.29) is 11.8 Å². The average Bonchev–Trinajstić information content (AvgIpc) is 2.85. The lowest BCUT2D eigenvalue weighted by molar-refractivity contribution is -0.124. The maximum atomic E-state index is 12.8. The van der Waals surface area contributed by atoms with Gasteiger partial charge in [-0.3, -0.25) is 9.69 Å². The number of carbonyl (C=O) groups excluding carboxylic acids is 1. The Morgan fingerprint density at radius 2 is 2.09 bits per heavy atom. The Labute approximate surface area is 146 Å². The van der Waals surface area contributed by atoms with Gasteiger partial charge >= 0.3 is 0 Å². The molecule has 0 spiro atoms. The van der Waals surface area contributed by atoms with Crippen molar-refractivity contribution in [3.05, 3.63) is 22.7 Å². The van der Waals surface area contributed by atoms with Gasteiger partial charge < -0.3 is 4.90 Å². The number of hydrogen-bond donors (Lipinski definition) is 0. The summed E-state index contributed by atoms with van der Waals surface area (Å²) in [5.41, 5.74) is 1.89. The minimum absolute atomic E-state index is 0.175. The van der Waals surface area contributed by atoms with Crippen molar-refractivity contribution >= 4 is 44.2 Å². The second kappa shape index (κ2) is 6.75. The van der Waals surface area contributed by atoms with Crippen LogP contribution in [0.3, 0.4) is 0 Å². The van der Waals surface area contributed by atoms with E-state index in [2.05, 4.69) is 4.90 Å². The fourth-order valence-electron chi connectivity index (χ4n) is 2.68. The van der Waals surface area contributed by atoms with E-state index >= 15 is 0 Å². The van der Waals surface area contributed by atoms with Crippen molar-refractivity contribution in [2.75, 3.05) is 32.1 Å². The number of hydrogen-bond acceptors (Lipinski definition) is 4. The van der Waals surface area contributed by atoms with Gasteiger partial charge in [0, 0.05) is 24.0 Å². The molecule has 6 heteroatoms. The summed E-state index contributed by atoms with van der Waals surface area (Å²) in [5.74, 6) is 0.398. The third-order valence-corrected chi connectivity index (χ3v) is 5.91. The highest BCUT2D eigenvalue weighted by molar-refractivity contribution is 7.22. The predicted octanol–water partition coefficient (Wildman–Crippen LogP) is 3.95. The van der Waals surface area contributed by atoms with Crippen molar-refractivity contribution in [3.8, 4) is 0 Å². The molecule has 124 valence electrons. The molecule has 23 heavy (non-hydrogen) atoms. The van der Waals surface area contributed by atoms with Crippen LogP contribution in [-0.2, 0) is 4.79 Å². The zero-order valence-electron chi connectivity index (χ0n) is 13.8. The third-order valence-electron chi connectivity index (χ3n) is 4.46. The maximum Gasteiger partial charge on any atom is 0.231 e. The fourth-order valence-corrected chi connectivity index (χ4v) is 3.89. The molecule has 1 amide bonds. The Bertz CT molecular complexity index is 724. The highest BCUT2D eigenvalue weighted by atomic mass is 35.5. The first-order chi connectivity index (χ1) is 11.0. The van der Waals surface area contributed by atoms with Crippen LogP contribution in [-0.4, -0.2) is 43.0 Å². The molecule has 0 atom stereocenters. The minimum atomic E-state index is 0.175. The molecule has 2 aromatic rings. The molecule has 0 N–H and O–H groups in total. The monoisotopic (exact) mass is 351 g/mol. The highest BCUT2D eigenvalue weighted by Crippen LogP contribution is 2.36. The molecule has 3 rings (SSSR count). The normalized spacial score (nSPS) is 15.2. The first-order valence-corrected chi connectivity index (χ1v) is 9.18. The number of aromatic nitrogens is 1. The molecule has 1 aromatic carbocycles. The summed E-state index contributed by atoms with van der Waals surface area (Å²) in [6.45, 7) is 3.48. The van der Waals surface area contributed by atoms with Crippen molar-refractivity contribution in [2.24, 2.45) is 5.92 Å². The number of halogens is 1. The first kappa shape index (κ1) is 16.7. The van der Waals surface area contributed by atoms with Gasteiger partial charge in [-0.25, -0.2) is 4.98 Å². The summed E-state index contributed by atoms with van der Waals surface area (Å²) >= 11 is 7.78. The maximum absolute atomic E-state index is 12.8. The molecule has 1 aliphatic rings. The number of carbonyl (C=O) groups is 1. The summed E-state index contributed by atoms with van der Waals surface area (Å²) < 4.78 is 1.08. The molecule has 0 saturated heterocycles. The van der Waals surface area contributed by atoms with Gasteiger partial charge in [-0.05, 0) is 51.6 Å². The van der Waals surface area contributed by atoms with Gasteiger partial charge in [-0.15, -0.1) is 0 Å². The second-order valence-corrected chi connectivity index (χ2v) is 7.85. The number of amides is 1. The van der Waals surface area contributed by atoms with Crippen molar-refractivity contribution in [1.82, 2.24) is 9.88 Å². The molecular weight excluding hydrogens is 330 g/mol. The minimum Gasteiger partial charge on any atom is -0.308 e. The summed E-state index contributed by atoms with van der Waals surface area (Å²) in [6.07, 6.45) is 3.17. The van der Waals surface area contributed by atoms with Crippen LogP contribution in [0, 0.1) is 12.8 Å². The molecule has 1 fully saturated rings. The van der Waals surface area contributed by atoms with Crippen LogP contribution in [0.1, 0.15) is 24.8 Å². The molecule has 1 saturated carbocycles. The van der Waals surface area contributed by atoms with Crippen molar-refractivity contribution in [3.63, 3.8) is 0 Å². The van der Waals surface area contributed by atoms with Gasteiger partial charge in [0.05, 0.1) is 10.2 Å². The Balaban J connectivity index is 1.94. The van der Waals surface area contributed by atoms with Crippen molar-refractivity contribution < 1.29 is 4.79 Å². The van der Waals surface area contributed by atoms with E-state index in [0.717, 1.165) is 51.7 Å². The number of nitrogens with zero attached hydrogens (tertiary/aromatic N) is 3. The lowest BCUT2D eigenvalue weighted by Gasteiger charge is -2.30. The molecule has 1 aliphatic carbocycles. The van der Waals surface area contributed by atoms with Gasteiger partial charge in [0.1, 0.15) is 0 Å². The highest BCUT2D eigenvalue weighted by Gasteiger charge is 2.31. The molecule has 0 radical (unpaired) electrons. The fraction of sp³-hybridized carbons (Fsp3) is 0.529. The first-order valence-electron chi connectivity index (χ1n) is 7.99. The Kier molecular flexibility index (Phi) is 4.90. The van der Waals surface area contributed by atoms with Gasteiger partial charge in [-0.2, -0.15) is 0 Å². The third kappa shape index (κ3) is 3.37. The van der Waals surface area contributed by atoms with E-state index in [1.54, 1.807) is 11.3 Å². The molecule has 1 heterocycles. The van der Waals surface area contributed by atoms with E-state index in [0.29, 0.717) is 6.54 Å². The van der Waals surface area contributed by atoms with Crippen LogP contribution in [0.5, 0.6) is 0 Å². The van der Waals surface area contributed by atoms with Crippen molar-refractivity contribution in [2.45, 2.75) is 26.2 Å². The molecular formula is C17H22ClN3OS. The lowest BCUT2D eigenvalue weighted by Crippen LogP contribution is -2.42. The van der Waals surface area contributed by atoms with Crippen LogP contribution < -0.4 is 4.90 Å². The van der Waals surface area contributed by atoms with Crippen LogP contribution in [0.2, 0.25) is 5.02 Å². The smallest absolute Gasteiger partial charge is 0.231 e. The number of aryl methyl sites for hydroxylation is 1. The number of thiazole rings is 1. The number of anilines is 1. The van der Waals surface area contributed by atoms with E-state index in [1.165, 1.54) is 0 Å². The zero-order chi connectivity index (χ0) is 16.6. The van der Waals surface area contributed by atoms with Crippen LogP contribution in [0.4, 0.5) is 5.13 Å². The standard InChI is InChI=1S/C17H22ClN3OS/c1-11-13(18)7-8-14-15(11)19-17(23-14)21(10-9-20(2)3)16(22)12-5-4-6-12/h7-8,12H,4-6,9-10H2,1-3H3. The Morgan fingerprint density at radius 1 is 1.35 bits per heavy atom. The lowest BCUT2D eigenvalue weighted by atomic mass is 9.84. The SMILES string of the molecule is Cc1c(Cl)ccc2sc(N(CCN(C)C)C(=O)C3CCC3)nc12. The molecule has 4 nitrogen and oxygen atoms in total. The summed E-state index contributed by atoms with van der Waals surface area (Å²) in [4.78, 5) is 21.5. The van der Waals surface area contributed by atoms with Gasteiger partial charge in [0.25, 0.3) is 0 Å². The molecule has 0 bridgehead atoms. The number of rotatable bonds is 5. The van der Waals surface area contributed by atoms with E-state index < -0.39 is 0 Å². The number of fused-ring (bicyclic) bond motifs is 1. The van der Waals surface area contributed by atoms with Gasteiger partial charge in [0.15, 0.2) is 5.13 Å². The van der Waals surface area contributed by atoms with Crippen molar-refractivity contribution in [1.29, 1.82) is 0 Å². The molecule has 0 unspecified atom stereocenters. The van der Waals surface area contributed by atoms with Gasteiger partial charge in [0.2, 0.25) is 5.91 Å². The Hall–Kier alpha value is -1.17. The number of likely N-dealkylation sites (N-methyl/N-ethyl adjacent to an activating group) is 1. The zero-order valence-corrected chi connectivity index (χ0v) is 15.4. The van der Waals surface area contributed by atoms with E-state index in [9.17, 15) is 4.79 Å². The van der Waals surface area contributed by atoms with Gasteiger partial charge in [-0.1, -0.05) is 29.4 Å². The molecule has 1 aromatic heterocycles. The van der Waals surface area contributed by atoms with Crippen LogP contribution in [0.15, 0.2) is 12.1 Å². The summed E-state index contributed by atoms with van der Waals surface area (Å²) in [5, 5.41) is 1.52. The average molecular weight is 352 g/mol. The quantitative estimate of drug-likeness (QED) is 0.818. The predicted molar refractivity (Wildman–Crippen MR) is 97.6 cm³/mol. The topological polar surface area (TPSA) is 36.4 Å². The molecule has 0 aliphatic heterocycles. The van der Waals surface area contributed by atoms with E-state index in [4.69, 9.17) is 16.6 Å².